The predicted octanol–water partition coefficient (Wildman–Crippen LogP) is 2.91. The molecule has 0 aliphatic rings. The molecule has 8 heteroatoms. The topological polar surface area (TPSA) is 82.3 Å². The van der Waals surface area contributed by atoms with Crippen molar-refractivity contribution in [2.24, 2.45) is 5.14 Å². The summed E-state index contributed by atoms with van der Waals surface area (Å²) in [6.07, 6.45) is 2.15. The number of sulfonamides is 1. The molecule has 154 valence electrons. The lowest BCUT2D eigenvalue weighted by atomic mass is 10.2. The SMILES string of the molecule is CC(C)(C)[Si](OCCc1cnc(S(N)(=O)=O)s1)(c1ccccc1)c1ccccc1. The highest BCUT2D eigenvalue weighted by Gasteiger charge is 2.49. The standard InChI is InChI=1S/C21H26N2O3S2Si/c1-21(2,3)29(18-10-6-4-7-11-18,19-12-8-5-9-13-19)26-15-14-17-16-23-20(27-17)28(22,24)25/h4-13,16H,14-15H2,1-3H3,(H2,22,24,25). The first kappa shape index (κ1) is 21.9. The highest BCUT2D eigenvalue weighted by atomic mass is 32.2. The number of rotatable bonds is 7. The van der Waals surface area contributed by atoms with E-state index in [9.17, 15) is 8.42 Å². The van der Waals surface area contributed by atoms with Gasteiger partial charge in [0, 0.05) is 24.1 Å². The van der Waals surface area contributed by atoms with Crippen LogP contribution in [0.4, 0.5) is 0 Å². The Morgan fingerprint density at radius 2 is 1.52 bits per heavy atom. The third-order valence-corrected chi connectivity index (χ3v) is 12.3. The van der Waals surface area contributed by atoms with E-state index in [1.807, 2.05) is 12.1 Å². The van der Waals surface area contributed by atoms with Gasteiger partial charge < -0.3 is 4.43 Å². The molecule has 0 unspecified atom stereocenters. The largest absolute Gasteiger partial charge is 0.407 e. The molecule has 0 fully saturated rings. The average Bonchev–Trinajstić information content (AvgIpc) is 3.15. The van der Waals surface area contributed by atoms with Crippen LogP contribution in [-0.4, -0.2) is 28.3 Å². The van der Waals surface area contributed by atoms with E-state index < -0.39 is 18.3 Å². The van der Waals surface area contributed by atoms with Gasteiger partial charge in [-0.1, -0.05) is 81.4 Å². The predicted molar refractivity (Wildman–Crippen MR) is 121 cm³/mol. The highest BCUT2D eigenvalue weighted by Crippen LogP contribution is 2.36. The van der Waals surface area contributed by atoms with Crippen LogP contribution in [0.3, 0.4) is 0 Å². The van der Waals surface area contributed by atoms with Gasteiger partial charge in [-0.15, -0.1) is 11.3 Å². The fourth-order valence-electron chi connectivity index (χ4n) is 3.60. The Morgan fingerprint density at radius 1 is 1.00 bits per heavy atom. The van der Waals surface area contributed by atoms with Crippen LogP contribution in [0.2, 0.25) is 5.04 Å². The zero-order valence-corrected chi connectivity index (χ0v) is 19.5. The lowest BCUT2D eigenvalue weighted by Gasteiger charge is -2.43. The van der Waals surface area contributed by atoms with Crippen LogP contribution in [0.1, 0.15) is 25.6 Å². The molecule has 3 aromatic rings. The van der Waals surface area contributed by atoms with Crippen molar-refractivity contribution >= 4 is 40.1 Å². The molecule has 0 aliphatic carbocycles. The number of nitrogens with two attached hydrogens (primary N) is 1. The van der Waals surface area contributed by atoms with Crippen molar-refractivity contribution in [2.75, 3.05) is 6.61 Å². The molecule has 0 spiro atoms. The molecule has 2 aromatic carbocycles. The summed E-state index contributed by atoms with van der Waals surface area (Å²) in [5.74, 6) is 0. The molecule has 2 N–H and O–H groups in total. The van der Waals surface area contributed by atoms with Gasteiger partial charge in [0.05, 0.1) is 0 Å². The number of benzene rings is 2. The van der Waals surface area contributed by atoms with Gasteiger partial charge in [-0.3, -0.25) is 0 Å². The molecule has 3 rings (SSSR count). The van der Waals surface area contributed by atoms with Crippen LogP contribution in [0.25, 0.3) is 0 Å². The summed E-state index contributed by atoms with van der Waals surface area (Å²) in [4.78, 5) is 4.77. The smallest absolute Gasteiger partial charge is 0.265 e. The van der Waals surface area contributed by atoms with Crippen LogP contribution in [0.15, 0.2) is 71.2 Å². The molecular weight excluding hydrogens is 420 g/mol. The summed E-state index contributed by atoms with van der Waals surface area (Å²) in [6, 6.07) is 20.8. The monoisotopic (exact) mass is 446 g/mol. The number of primary sulfonamides is 1. The Hall–Kier alpha value is -1.84. The lowest BCUT2D eigenvalue weighted by Crippen LogP contribution is -2.66. The van der Waals surface area contributed by atoms with Gasteiger partial charge in [0.25, 0.3) is 18.3 Å². The van der Waals surface area contributed by atoms with Crippen LogP contribution < -0.4 is 15.5 Å². The number of nitrogens with zero attached hydrogens (tertiary/aromatic N) is 1. The van der Waals surface area contributed by atoms with E-state index in [0.717, 1.165) is 16.2 Å². The van der Waals surface area contributed by atoms with E-state index in [1.165, 1.54) is 10.4 Å². The van der Waals surface area contributed by atoms with E-state index in [1.54, 1.807) is 6.20 Å². The Balaban J connectivity index is 1.95. The van der Waals surface area contributed by atoms with Gasteiger partial charge >= 0.3 is 0 Å². The van der Waals surface area contributed by atoms with Crippen molar-refractivity contribution in [3.8, 4) is 0 Å². The maximum absolute atomic E-state index is 11.5. The van der Waals surface area contributed by atoms with E-state index in [4.69, 9.17) is 9.56 Å². The second-order valence-electron chi connectivity index (χ2n) is 7.90. The second-order valence-corrected chi connectivity index (χ2v) is 15.1. The first-order valence-electron chi connectivity index (χ1n) is 9.37. The molecular formula is C21H26N2O3S2Si. The maximum atomic E-state index is 11.5. The zero-order chi connectivity index (χ0) is 21.1. The molecule has 0 saturated carbocycles. The Kier molecular flexibility index (Phi) is 6.40. The minimum Gasteiger partial charge on any atom is -0.407 e. The van der Waals surface area contributed by atoms with Crippen molar-refractivity contribution in [3.05, 3.63) is 71.7 Å². The van der Waals surface area contributed by atoms with Crippen molar-refractivity contribution in [1.82, 2.24) is 4.98 Å². The fraction of sp³-hybridized carbons (Fsp3) is 0.286. The van der Waals surface area contributed by atoms with Crippen LogP contribution in [0, 0.1) is 0 Å². The van der Waals surface area contributed by atoms with Crippen LogP contribution >= 0.6 is 11.3 Å². The van der Waals surface area contributed by atoms with Gasteiger partial charge in [0.2, 0.25) is 4.34 Å². The molecule has 0 amide bonds. The molecule has 5 nitrogen and oxygen atoms in total. The van der Waals surface area contributed by atoms with E-state index >= 15 is 0 Å². The van der Waals surface area contributed by atoms with Crippen LogP contribution in [0.5, 0.6) is 0 Å². The Labute approximate surface area is 177 Å². The van der Waals surface area contributed by atoms with Crippen molar-refractivity contribution < 1.29 is 12.8 Å². The third kappa shape index (κ3) is 4.67. The van der Waals surface area contributed by atoms with Gasteiger partial charge in [0.15, 0.2) is 0 Å². The van der Waals surface area contributed by atoms with Gasteiger partial charge in [0.1, 0.15) is 0 Å². The number of thiazole rings is 1. The quantitative estimate of drug-likeness (QED) is 0.566. The van der Waals surface area contributed by atoms with Crippen molar-refractivity contribution in [1.29, 1.82) is 0 Å². The summed E-state index contributed by atoms with van der Waals surface area (Å²) >= 11 is 1.10. The summed E-state index contributed by atoms with van der Waals surface area (Å²) in [6.45, 7) is 7.15. The van der Waals surface area contributed by atoms with Gasteiger partial charge in [-0.25, -0.2) is 18.5 Å². The molecule has 0 aliphatic heterocycles. The molecule has 29 heavy (non-hydrogen) atoms. The first-order chi connectivity index (χ1) is 13.6. The van der Waals surface area contributed by atoms with Crippen LogP contribution in [-0.2, 0) is 20.9 Å². The van der Waals surface area contributed by atoms with Crippen molar-refractivity contribution in [3.63, 3.8) is 0 Å². The summed E-state index contributed by atoms with van der Waals surface area (Å²) in [7, 11) is -6.36. The molecule has 0 saturated heterocycles. The molecule has 1 heterocycles. The van der Waals surface area contributed by atoms with Gasteiger partial charge in [-0.2, -0.15) is 0 Å². The fourth-order valence-corrected chi connectivity index (χ4v) is 9.77. The number of aromatic nitrogens is 1. The highest BCUT2D eigenvalue weighted by molar-refractivity contribution is 7.91. The summed E-state index contributed by atoms with van der Waals surface area (Å²) < 4.78 is 29.7. The molecule has 0 atom stereocenters. The van der Waals surface area contributed by atoms with Gasteiger partial charge in [-0.05, 0) is 15.4 Å². The zero-order valence-electron chi connectivity index (χ0n) is 16.8. The molecule has 1 aromatic heterocycles. The van der Waals surface area contributed by atoms with E-state index in [-0.39, 0.29) is 9.38 Å². The Morgan fingerprint density at radius 3 is 1.93 bits per heavy atom. The summed E-state index contributed by atoms with van der Waals surface area (Å²) in [5, 5.41) is 7.50. The minimum absolute atomic E-state index is 0.0575. The van der Waals surface area contributed by atoms with E-state index in [0.29, 0.717) is 13.0 Å². The average molecular weight is 447 g/mol. The molecule has 0 radical (unpaired) electrons. The Bertz CT molecular complexity index is 1010. The lowest BCUT2D eigenvalue weighted by molar-refractivity contribution is 0.302. The second kappa shape index (κ2) is 8.49. The normalized spacial score (nSPS) is 12.8. The maximum Gasteiger partial charge on any atom is 0.265 e. The minimum atomic E-state index is -3.77. The first-order valence-corrected chi connectivity index (χ1v) is 13.6. The summed E-state index contributed by atoms with van der Waals surface area (Å²) in [5.41, 5.74) is 0. The number of hydrogen-bond donors (Lipinski definition) is 1. The van der Waals surface area contributed by atoms with Crippen molar-refractivity contribution in [2.45, 2.75) is 36.6 Å². The molecule has 0 bridgehead atoms. The number of hydrogen-bond acceptors (Lipinski definition) is 5. The van der Waals surface area contributed by atoms with E-state index in [2.05, 4.69) is 74.3 Å². The third-order valence-electron chi connectivity index (χ3n) is 4.86.